The van der Waals surface area contributed by atoms with Crippen molar-refractivity contribution in [2.45, 2.75) is 19.2 Å². The summed E-state index contributed by atoms with van der Waals surface area (Å²) in [7, 11) is 0. The Bertz CT molecular complexity index is 819. The smallest absolute Gasteiger partial charge is 0.416 e. The van der Waals surface area contributed by atoms with Crippen LogP contribution in [0, 0.1) is 0 Å². The van der Waals surface area contributed by atoms with E-state index in [1.807, 2.05) is 4.90 Å². The quantitative estimate of drug-likeness (QED) is 0.742. The highest BCUT2D eigenvalue weighted by molar-refractivity contribution is 6.30. The summed E-state index contributed by atoms with van der Waals surface area (Å²) in [6.07, 6.45) is -5.04. The van der Waals surface area contributed by atoms with Crippen LogP contribution >= 0.6 is 11.6 Å². The van der Waals surface area contributed by atoms with Gasteiger partial charge in [-0.1, -0.05) is 17.7 Å². The molecule has 1 unspecified atom stereocenters. The van der Waals surface area contributed by atoms with Gasteiger partial charge in [0.2, 0.25) is 0 Å². The van der Waals surface area contributed by atoms with Gasteiger partial charge in [-0.2, -0.15) is 13.2 Å². The number of rotatable bonds is 4. The molecule has 0 bridgehead atoms. The maximum absolute atomic E-state index is 12.9. The SMILES string of the molecule is CC(Oc1ccc(Cl)cc1)C(=O)N1CCN(c2cccc(C(F)(F)F)c2)CC1. The van der Waals surface area contributed by atoms with Crippen LogP contribution in [0.2, 0.25) is 5.02 Å². The number of nitrogens with zero attached hydrogens (tertiary/aromatic N) is 2. The Balaban J connectivity index is 1.57. The molecule has 2 aromatic rings. The Morgan fingerprint density at radius 2 is 1.71 bits per heavy atom. The van der Waals surface area contributed by atoms with Crippen molar-refractivity contribution in [2.24, 2.45) is 0 Å². The number of carbonyl (C=O) groups excluding carboxylic acids is 1. The molecular weight excluding hydrogens is 393 g/mol. The van der Waals surface area contributed by atoms with E-state index >= 15 is 0 Å². The first-order chi connectivity index (χ1) is 13.2. The maximum Gasteiger partial charge on any atom is 0.416 e. The molecule has 150 valence electrons. The highest BCUT2D eigenvalue weighted by atomic mass is 35.5. The van der Waals surface area contributed by atoms with E-state index in [2.05, 4.69) is 0 Å². The first kappa shape index (κ1) is 20.3. The van der Waals surface area contributed by atoms with Crippen LogP contribution in [-0.4, -0.2) is 43.1 Å². The van der Waals surface area contributed by atoms with E-state index in [4.69, 9.17) is 16.3 Å². The number of ether oxygens (including phenoxy) is 1. The molecule has 1 saturated heterocycles. The summed E-state index contributed by atoms with van der Waals surface area (Å²) in [5, 5.41) is 0.581. The van der Waals surface area contributed by atoms with Crippen molar-refractivity contribution in [1.29, 1.82) is 0 Å². The number of amides is 1. The highest BCUT2D eigenvalue weighted by Gasteiger charge is 2.31. The van der Waals surface area contributed by atoms with E-state index in [0.29, 0.717) is 42.6 Å². The summed E-state index contributed by atoms with van der Waals surface area (Å²) in [6.45, 7) is 3.43. The Morgan fingerprint density at radius 3 is 2.32 bits per heavy atom. The number of hydrogen-bond acceptors (Lipinski definition) is 3. The molecule has 1 fully saturated rings. The zero-order chi connectivity index (χ0) is 20.3. The molecule has 3 rings (SSSR count). The predicted molar refractivity (Wildman–Crippen MR) is 102 cm³/mol. The lowest BCUT2D eigenvalue weighted by atomic mass is 10.1. The molecule has 8 heteroatoms. The Morgan fingerprint density at radius 1 is 1.07 bits per heavy atom. The molecule has 0 saturated carbocycles. The third-order valence-corrected chi connectivity index (χ3v) is 4.86. The van der Waals surface area contributed by atoms with Gasteiger partial charge in [0.15, 0.2) is 6.10 Å². The summed E-state index contributed by atoms with van der Waals surface area (Å²) < 4.78 is 44.4. The lowest BCUT2D eigenvalue weighted by molar-refractivity contribution is -0.138. The minimum Gasteiger partial charge on any atom is -0.481 e. The second kappa shape index (κ2) is 8.31. The minimum absolute atomic E-state index is 0.154. The van der Waals surface area contributed by atoms with Gasteiger partial charge in [0.25, 0.3) is 5.91 Å². The largest absolute Gasteiger partial charge is 0.481 e. The van der Waals surface area contributed by atoms with Crippen molar-refractivity contribution in [1.82, 2.24) is 4.90 Å². The molecule has 0 radical (unpaired) electrons. The molecule has 4 nitrogen and oxygen atoms in total. The van der Waals surface area contributed by atoms with Crippen LogP contribution in [0.5, 0.6) is 5.75 Å². The van der Waals surface area contributed by atoms with Crippen molar-refractivity contribution in [2.75, 3.05) is 31.1 Å². The number of anilines is 1. The summed E-state index contributed by atoms with van der Waals surface area (Å²) in [5.74, 6) is 0.395. The summed E-state index contributed by atoms with van der Waals surface area (Å²) in [5.41, 5.74) is -0.166. The number of hydrogen-bond donors (Lipinski definition) is 0. The van der Waals surface area contributed by atoms with Crippen LogP contribution in [0.1, 0.15) is 12.5 Å². The zero-order valence-corrected chi connectivity index (χ0v) is 16.0. The van der Waals surface area contributed by atoms with Crippen molar-refractivity contribution in [3.63, 3.8) is 0 Å². The van der Waals surface area contributed by atoms with E-state index in [1.54, 1.807) is 42.2 Å². The maximum atomic E-state index is 12.9. The van der Waals surface area contributed by atoms with Gasteiger partial charge >= 0.3 is 6.18 Å². The fraction of sp³-hybridized carbons (Fsp3) is 0.350. The Hall–Kier alpha value is -2.41. The molecule has 1 amide bonds. The summed E-state index contributed by atoms with van der Waals surface area (Å²) in [6, 6.07) is 12.0. The molecule has 0 aromatic heterocycles. The fourth-order valence-corrected chi connectivity index (χ4v) is 3.21. The number of halogens is 4. The molecule has 1 aliphatic heterocycles. The van der Waals surface area contributed by atoms with Crippen LogP contribution in [0.4, 0.5) is 18.9 Å². The predicted octanol–water partition coefficient (Wildman–Crippen LogP) is 4.47. The van der Waals surface area contributed by atoms with Gasteiger partial charge in [0.05, 0.1) is 5.56 Å². The second-order valence-electron chi connectivity index (χ2n) is 6.57. The normalized spacial score (nSPS) is 16.0. The summed E-state index contributed by atoms with van der Waals surface area (Å²) in [4.78, 5) is 16.1. The molecule has 28 heavy (non-hydrogen) atoms. The number of piperazine rings is 1. The number of benzene rings is 2. The Kier molecular flexibility index (Phi) is 6.03. The average molecular weight is 413 g/mol. The standard InChI is InChI=1S/C20H20ClF3N2O2/c1-14(28-18-7-5-16(21)6-8-18)19(27)26-11-9-25(10-12-26)17-4-2-3-15(13-17)20(22,23)24/h2-8,13-14H,9-12H2,1H3. The van der Waals surface area contributed by atoms with Gasteiger partial charge in [-0.05, 0) is 49.4 Å². The molecule has 1 aliphatic rings. The summed E-state index contributed by atoms with van der Waals surface area (Å²) >= 11 is 5.83. The van der Waals surface area contributed by atoms with Crippen LogP contribution in [0.3, 0.4) is 0 Å². The van der Waals surface area contributed by atoms with Crippen molar-refractivity contribution in [3.8, 4) is 5.75 Å². The van der Waals surface area contributed by atoms with E-state index in [0.717, 1.165) is 12.1 Å². The lowest BCUT2D eigenvalue weighted by Crippen LogP contribution is -2.52. The fourth-order valence-electron chi connectivity index (χ4n) is 3.09. The second-order valence-corrected chi connectivity index (χ2v) is 7.01. The van der Waals surface area contributed by atoms with Crippen molar-refractivity contribution >= 4 is 23.2 Å². The van der Waals surface area contributed by atoms with Crippen molar-refractivity contribution < 1.29 is 22.7 Å². The van der Waals surface area contributed by atoms with Gasteiger partial charge < -0.3 is 14.5 Å². The van der Waals surface area contributed by atoms with E-state index in [9.17, 15) is 18.0 Å². The van der Waals surface area contributed by atoms with Crippen LogP contribution in [0.15, 0.2) is 48.5 Å². The zero-order valence-electron chi connectivity index (χ0n) is 15.2. The van der Waals surface area contributed by atoms with E-state index in [1.165, 1.54) is 6.07 Å². The number of carbonyl (C=O) groups is 1. The third-order valence-electron chi connectivity index (χ3n) is 4.60. The van der Waals surface area contributed by atoms with E-state index in [-0.39, 0.29) is 5.91 Å². The average Bonchev–Trinajstić information content (AvgIpc) is 2.69. The molecule has 1 heterocycles. The molecular formula is C20H20ClF3N2O2. The van der Waals surface area contributed by atoms with Gasteiger partial charge in [0, 0.05) is 36.9 Å². The van der Waals surface area contributed by atoms with Gasteiger partial charge in [0.1, 0.15) is 5.75 Å². The van der Waals surface area contributed by atoms with Crippen molar-refractivity contribution in [3.05, 3.63) is 59.1 Å². The first-order valence-electron chi connectivity index (χ1n) is 8.87. The third kappa shape index (κ3) is 4.90. The highest BCUT2D eigenvalue weighted by Crippen LogP contribution is 2.32. The van der Waals surface area contributed by atoms with E-state index < -0.39 is 17.8 Å². The lowest BCUT2D eigenvalue weighted by Gasteiger charge is -2.37. The number of alkyl halides is 3. The van der Waals surface area contributed by atoms with Crippen LogP contribution in [0.25, 0.3) is 0 Å². The van der Waals surface area contributed by atoms with Gasteiger partial charge in [-0.3, -0.25) is 4.79 Å². The van der Waals surface area contributed by atoms with Gasteiger partial charge in [-0.25, -0.2) is 0 Å². The Labute approximate surface area is 166 Å². The van der Waals surface area contributed by atoms with Gasteiger partial charge in [-0.15, -0.1) is 0 Å². The van der Waals surface area contributed by atoms with Crippen LogP contribution in [-0.2, 0) is 11.0 Å². The van der Waals surface area contributed by atoms with Crippen LogP contribution < -0.4 is 9.64 Å². The molecule has 1 atom stereocenters. The monoisotopic (exact) mass is 412 g/mol. The first-order valence-corrected chi connectivity index (χ1v) is 9.25. The minimum atomic E-state index is -4.37. The topological polar surface area (TPSA) is 32.8 Å². The molecule has 0 N–H and O–H groups in total. The molecule has 0 aliphatic carbocycles. The molecule has 2 aromatic carbocycles. The molecule has 0 spiro atoms.